The van der Waals surface area contributed by atoms with E-state index in [2.05, 4.69) is 39.0 Å². The second kappa shape index (κ2) is 6.75. The van der Waals surface area contributed by atoms with Crippen molar-refractivity contribution in [1.29, 1.82) is 0 Å². The van der Waals surface area contributed by atoms with E-state index < -0.39 is 0 Å². The summed E-state index contributed by atoms with van der Waals surface area (Å²) in [6.45, 7) is 4.54. The number of rotatable bonds is 6. The van der Waals surface area contributed by atoms with E-state index in [0.29, 0.717) is 23.4 Å². The second-order valence-corrected chi connectivity index (χ2v) is 5.71. The summed E-state index contributed by atoms with van der Waals surface area (Å²) in [5.41, 5.74) is 1.75. The lowest BCUT2D eigenvalue weighted by Crippen LogP contribution is -2.26. The van der Waals surface area contributed by atoms with Crippen LogP contribution in [0, 0.1) is 0 Å². The van der Waals surface area contributed by atoms with Crippen molar-refractivity contribution < 1.29 is 0 Å². The van der Waals surface area contributed by atoms with Gasteiger partial charge in [0, 0.05) is 13.6 Å². The van der Waals surface area contributed by atoms with Gasteiger partial charge in [0.15, 0.2) is 5.65 Å². The molecule has 0 aliphatic carbocycles. The molecule has 1 aromatic carbocycles. The van der Waals surface area contributed by atoms with Crippen LogP contribution < -0.4 is 5.56 Å². The van der Waals surface area contributed by atoms with Crippen LogP contribution in [-0.2, 0) is 20.1 Å². The first-order valence-corrected chi connectivity index (χ1v) is 7.84. The molecule has 3 rings (SSSR count). The van der Waals surface area contributed by atoms with Crippen molar-refractivity contribution in [2.45, 2.75) is 26.4 Å². The van der Waals surface area contributed by atoms with E-state index in [-0.39, 0.29) is 5.56 Å². The Kier molecular flexibility index (Phi) is 4.52. The number of aromatic nitrogens is 4. The van der Waals surface area contributed by atoms with Gasteiger partial charge in [0.2, 0.25) is 0 Å². The van der Waals surface area contributed by atoms with Crippen LogP contribution in [0.5, 0.6) is 0 Å². The highest BCUT2D eigenvalue weighted by Gasteiger charge is 2.12. The van der Waals surface area contributed by atoms with E-state index in [4.69, 9.17) is 0 Å². The largest absolute Gasteiger partial charge is 0.309 e. The summed E-state index contributed by atoms with van der Waals surface area (Å²) in [5.74, 6) is 0.676. The minimum absolute atomic E-state index is 0.130. The zero-order valence-corrected chi connectivity index (χ0v) is 13.5. The number of hydrogen-bond donors (Lipinski definition) is 1. The number of aryl methyl sites for hydroxylation is 1. The quantitative estimate of drug-likeness (QED) is 0.757. The van der Waals surface area contributed by atoms with Crippen molar-refractivity contribution in [3.8, 4) is 0 Å². The normalized spacial score (nSPS) is 11.4. The van der Waals surface area contributed by atoms with Crippen LogP contribution in [0.1, 0.15) is 24.7 Å². The Bertz CT molecular complexity index is 837. The van der Waals surface area contributed by atoms with Crippen LogP contribution >= 0.6 is 0 Å². The molecule has 0 saturated carbocycles. The van der Waals surface area contributed by atoms with Gasteiger partial charge in [0.1, 0.15) is 11.2 Å². The summed E-state index contributed by atoms with van der Waals surface area (Å²) in [6.07, 6.45) is 2.60. The Hall–Kier alpha value is -2.47. The van der Waals surface area contributed by atoms with E-state index in [0.717, 1.165) is 19.5 Å². The predicted octanol–water partition coefficient (Wildman–Crippen LogP) is 2.07. The number of H-pyrrole nitrogens is 1. The molecule has 2 heterocycles. The summed E-state index contributed by atoms with van der Waals surface area (Å²) in [6, 6.07) is 10.3. The first-order chi connectivity index (χ1) is 11.2. The fourth-order valence-electron chi connectivity index (χ4n) is 2.74. The van der Waals surface area contributed by atoms with Crippen LogP contribution in [-0.4, -0.2) is 31.2 Å². The Morgan fingerprint density at radius 1 is 1.22 bits per heavy atom. The third kappa shape index (κ3) is 3.48. The highest BCUT2D eigenvalue weighted by molar-refractivity contribution is 5.72. The van der Waals surface area contributed by atoms with Crippen molar-refractivity contribution in [2.75, 3.05) is 6.54 Å². The zero-order chi connectivity index (χ0) is 16.2. The molecule has 0 bridgehead atoms. The topological polar surface area (TPSA) is 66.8 Å². The van der Waals surface area contributed by atoms with E-state index in [9.17, 15) is 4.79 Å². The second-order valence-electron chi connectivity index (χ2n) is 5.71. The molecule has 0 amide bonds. The summed E-state index contributed by atoms with van der Waals surface area (Å²) in [5, 5.41) is 4.63. The monoisotopic (exact) mass is 311 g/mol. The van der Waals surface area contributed by atoms with Crippen LogP contribution in [0.25, 0.3) is 11.0 Å². The minimum atomic E-state index is -0.130. The fraction of sp³-hybridized carbons (Fsp3) is 0.353. The maximum absolute atomic E-state index is 12.1. The number of aromatic amines is 1. The molecular weight excluding hydrogens is 290 g/mol. The molecule has 0 aliphatic heterocycles. The third-order valence-corrected chi connectivity index (χ3v) is 3.81. The van der Waals surface area contributed by atoms with Gasteiger partial charge in [-0.15, -0.1) is 0 Å². The van der Waals surface area contributed by atoms with Crippen molar-refractivity contribution >= 4 is 11.0 Å². The van der Waals surface area contributed by atoms with Crippen molar-refractivity contribution in [3.05, 3.63) is 58.3 Å². The van der Waals surface area contributed by atoms with Crippen LogP contribution in [0.15, 0.2) is 41.3 Å². The van der Waals surface area contributed by atoms with Crippen LogP contribution in [0.3, 0.4) is 0 Å². The highest BCUT2D eigenvalue weighted by Crippen LogP contribution is 2.10. The molecule has 3 aromatic rings. The molecule has 120 valence electrons. The van der Waals surface area contributed by atoms with Gasteiger partial charge in [-0.2, -0.15) is 5.10 Å². The first-order valence-electron chi connectivity index (χ1n) is 7.84. The van der Waals surface area contributed by atoms with Gasteiger partial charge >= 0.3 is 0 Å². The fourth-order valence-corrected chi connectivity index (χ4v) is 2.74. The van der Waals surface area contributed by atoms with Crippen LogP contribution in [0.4, 0.5) is 0 Å². The molecule has 0 saturated heterocycles. The molecule has 2 aromatic heterocycles. The standard InChI is InChI=1S/C17H21N5O/c1-3-9-22(11-13-7-5-4-6-8-13)12-15-19-16-14(17(23)20-15)10-18-21(16)2/h4-8,10H,3,9,11-12H2,1-2H3,(H,19,20,23). The molecule has 6 nitrogen and oxygen atoms in total. The van der Waals surface area contributed by atoms with Gasteiger partial charge in [-0.05, 0) is 18.5 Å². The lowest BCUT2D eigenvalue weighted by Gasteiger charge is -2.21. The maximum Gasteiger partial charge on any atom is 0.262 e. The number of nitrogens with zero attached hydrogens (tertiary/aromatic N) is 4. The summed E-state index contributed by atoms with van der Waals surface area (Å²) >= 11 is 0. The van der Waals surface area contributed by atoms with E-state index in [1.807, 2.05) is 18.2 Å². The summed E-state index contributed by atoms with van der Waals surface area (Å²) in [4.78, 5) is 21.9. The molecule has 0 atom stereocenters. The van der Waals surface area contributed by atoms with E-state index in [1.54, 1.807) is 17.9 Å². The van der Waals surface area contributed by atoms with Crippen molar-refractivity contribution in [1.82, 2.24) is 24.6 Å². The Morgan fingerprint density at radius 2 is 2.00 bits per heavy atom. The van der Waals surface area contributed by atoms with Crippen molar-refractivity contribution in [3.63, 3.8) is 0 Å². The van der Waals surface area contributed by atoms with Gasteiger partial charge < -0.3 is 4.98 Å². The Morgan fingerprint density at radius 3 is 2.74 bits per heavy atom. The predicted molar refractivity (Wildman–Crippen MR) is 90.0 cm³/mol. The minimum Gasteiger partial charge on any atom is -0.309 e. The van der Waals surface area contributed by atoms with Crippen molar-refractivity contribution in [2.24, 2.45) is 7.05 Å². The smallest absolute Gasteiger partial charge is 0.262 e. The lowest BCUT2D eigenvalue weighted by molar-refractivity contribution is 0.251. The van der Waals surface area contributed by atoms with Gasteiger partial charge in [-0.3, -0.25) is 14.4 Å². The average Bonchev–Trinajstić information content (AvgIpc) is 2.91. The number of benzene rings is 1. The SMILES string of the molecule is CCCN(Cc1ccccc1)Cc1nc2c(cnn2C)c(=O)[nH]1. The number of fused-ring (bicyclic) bond motifs is 1. The van der Waals surface area contributed by atoms with E-state index >= 15 is 0 Å². The lowest BCUT2D eigenvalue weighted by atomic mass is 10.2. The molecule has 0 fully saturated rings. The molecule has 1 N–H and O–H groups in total. The van der Waals surface area contributed by atoms with E-state index in [1.165, 1.54) is 5.56 Å². The molecule has 0 aliphatic rings. The average molecular weight is 311 g/mol. The Balaban J connectivity index is 1.85. The molecule has 0 radical (unpaired) electrons. The number of hydrogen-bond acceptors (Lipinski definition) is 4. The molecular formula is C17H21N5O. The van der Waals surface area contributed by atoms with Gasteiger partial charge in [0.05, 0.1) is 12.7 Å². The molecule has 0 unspecified atom stereocenters. The Labute approximate surface area is 134 Å². The molecule has 23 heavy (non-hydrogen) atoms. The highest BCUT2D eigenvalue weighted by atomic mass is 16.1. The third-order valence-electron chi connectivity index (χ3n) is 3.81. The first kappa shape index (κ1) is 15.4. The van der Waals surface area contributed by atoms with Gasteiger partial charge in [-0.25, -0.2) is 4.98 Å². The van der Waals surface area contributed by atoms with Gasteiger partial charge in [0.25, 0.3) is 5.56 Å². The number of nitrogens with one attached hydrogen (secondary N) is 1. The maximum atomic E-state index is 12.1. The van der Waals surface area contributed by atoms with Crippen LogP contribution in [0.2, 0.25) is 0 Å². The molecule has 0 spiro atoms. The summed E-state index contributed by atoms with van der Waals surface area (Å²) < 4.78 is 1.63. The molecule has 6 heteroatoms. The summed E-state index contributed by atoms with van der Waals surface area (Å²) in [7, 11) is 1.80. The van der Waals surface area contributed by atoms with Gasteiger partial charge in [-0.1, -0.05) is 37.3 Å². The zero-order valence-electron chi connectivity index (χ0n) is 13.5.